The van der Waals surface area contributed by atoms with E-state index < -0.39 is 11.8 Å². The molecular weight excluding hydrogens is 251 g/mol. The minimum absolute atomic E-state index is 0.0921. The van der Waals surface area contributed by atoms with E-state index in [1.54, 1.807) is 6.07 Å². The van der Waals surface area contributed by atoms with E-state index in [-0.39, 0.29) is 24.0 Å². The number of ether oxygens (including phenoxy) is 2. The van der Waals surface area contributed by atoms with E-state index in [4.69, 9.17) is 14.6 Å². The number of carboxylic acid groups (broad SMARTS) is 1. The lowest BCUT2D eigenvalue weighted by Gasteiger charge is -2.20. The van der Waals surface area contributed by atoms with Gasteiger partial charge in [-0.3, -0.25) is 4.79 Å². The minimum atomic E-state index is -0.929. The van der Waals surface area contributed by atoms with E-state index in [0.717, 1.165) is 12.8 Å². The van der Waals surface area contributed by atoms with E-state index in [1.807, 2.05) is 0 Å². The molecule has 1 saturated carbocycles. The molecule has 1 N–H and O–H groups in total. The van der Waals surface area contributed by atoms with Crippen molar-refractivity contribution < 1.29 is 23.8 Å². The fourth-order valence-corrected chi connectivity index (χ4v) is 2.43. The summed E-state index contributed by atoms with van der Waals surface area (Å²) in [7, 11) is 2.84. The Bertz CT molecular complexity index is 483. The van der Waals surface area contributed by atoms with Gasteiger partial charge in [0, 0.05) is 11.5 Å². The molecule has 4 nitrogen and oxygen atoms in total. The van der Waals surface area contributed by atoms with Gasteiger partial charge in [-0.1, -0.05) is 0 Å². The quantitative estimate of drug-likeness (QED) is 0.862. The average Bonchev–Trinajstić information content (AvgIpc) is 3.20. The second kappa shape index (κ2) is 5.47. The van der Waals surface area contributed by atoms with E-state index in [0.29, 0.717) is 11.3 Å². The van der Waals surface area contributed by atoms with Crippen molar-refractivity contribution in [3.63, 3.8) is 0 Å². The van der Waals surface area contributed by atoms with Crippen molar-refractivity contribution in [2.24, 2.45) is 5.92 Å². The molecule has 1 fully saturated rings. The molecule has 5 heteroatoms. The molecule has 1 aliphatic rings. The zero-order valence-corrected chi connectivity index (χ0v) is 11.0. The van der Waals surface area contributed by atoms with E-state index in [9.17, 15) is 9.18 Å². The number of carboxylic acids is 1. The van der Waals surface area contributed by atoms with E-state index >= 15 is 0 Å². The molecule has 0 saturated heterocycles. The van der Waals surface area contributed by atoms with Gasteiger partial charge in [-0.15, -0.1) is 0 Å². The standard InChI is InChI=1S/C14H17FO4/c1-18-10-5-6-11(19-2)14(15)13(10)9(7-12(16)17)8-3-4-8/h5-6,8-9H,3-4,7H2,1-2H3,(H,16,17). The molecule has 0 amide bonds. The Labute approximate surface area is 111 Å². The van der Waals surface area contributed by atoms with Crippen LogP contribution in [0, 0.1) is 11.7 Å². The Morgan fingerprint density at radius 3 is 2.42 bits per heavy atom. The summed E-state index contributed by atoms with van der Waals surface area (Å²) >= 11 is 0. The second-order valence-corrected chi connectivity index (χ2v) is 4.74. The highest BCUT2D eigenvalue weighted by molar-refractivity contribution is 5.68. The summed E-state index contributed by atoms with van der Waals surface area (Å²) in [6.45, 7) is 0. The molecule has 1 unspecified atom stereocenters. The van der Waals surface area contributed by atoms with Crippen molar-refractivity contribution in [3.05, 3.63) is 23.5 Å². The van der Waals surface area contributed by atoms with Gasteiger partial charge in [-0.25, -0.2) is 4.39 Å². The van der Waals surface area contributed by atoms with Crippen LogP contribution in [0.15, 0.2) is 12.1 Å². The number of benzene rings is 1. The lowest BCUT2D eigenvalue weighted by molar-refractivity contribution is -0.137. The Hall–Kier alpha value is -1.78. The zero-order chi connectivity index (χ0) is 14.0. The number of halogens is 1. The predicted octanol–water partition coefficient (Wildman–Crippen LogP) is 2.81. The van der Waals surface area contributed by atoms with Crippen LogP contribution in [0.2, 0.25) is 0 Å². The number of carbonyl (C=O) groups is 1. The Balaban J connectivity index is 2.46. The van der Waals surface area contributed by atoms with Gasteiger partial charge in [-0.05, 0) is 30.9 Å². The minimum Gasteiger partial charge on any atom is -0.496 e. The molecule has 0 radical (unpaired) electrons. The highest BCUT2D eigenvalue weighted by atomic mass is 19.1. The first-order valence-electron chi connectivity index (χ1n) is 6.20. The fourth-order valence-electron chi connectivity index (χ4n) is 2.43. The van der Waals surface area contributed by atoms with Crippen LogP contribution < -0.4 is 9.47 Å². The van der Waals surface area contributed by atoms with Crippen molar-refractivity contribution in [1.29, 1.82) is 0 Å². The van der Waals surface area contributed by atoms with Crippen LogP contribution >= 0.6 is 0 Å². The molecule has 0 spiro atoms. The number of aliphatic carboxylic acids is 1. The summed E-state index contributed by atoms with van der Waals surface area (Å²) in [4.78, 5) is 11.0. The van der Waals surface area contributed by atoms with Crippen molar-refractivity contribution >= 4 is 5.97 Å². The van der Waals surface area contributed by atoms with Gasteiger partial charge in [0.25, 0.3) is 0 Å². The zero-order valence-electron chi connectivity index (χ0n) is 11.0. The third-order valence-corrected chi connectivity index (χ3v) is 3.50. The maximum atomic E-state index is 14.4. The molecule has 1 aromatic carbocycles. The first kappa shape index (κ1) is 13.6. The van der Waals surface area contributed by atoms with Gasteiger partial charge in [0.05, 0.1) is 20.6 Å². The van der Waals surface area contributed by atoms with Gasteiger partial charge >= 0.3 is 5.97 Å². The third kappa shape index (κ3) is 2.80. The molecule has 19 heavy (non-hydrogen) atoms. The molecule has 0 bridgehead atoms. The summed E-state index contributed by atoms with van der Waals surface area (Å²) in [6.07, 6.45) is 1.76. The first-order chi connectivity index (χ1) is 9.08. The smallest absolute Gasteiger partial charge is 0.303 e. The summed E-state index contributed by atoms with van der Waals surface area (Å²) in [6, 6.07) is 3.11. The molecule has 0 heterocycles. The lowest BCUT2D eigenvalue weighted by atomic mass is 9.89. The van der Waals surface area contributed by atoms with Gasteiger partial charge in [0.15, 0.2) is 11.6 Å². The molecule has 1 aromatic rings. The van der Waals surface area contributed by atoms with Crippen LogP contribution in [0.25, 0.3) is 0 Å². The molecule has 0 aliphatic heterocycles. The summed E-state index contributed by atoms with van der Waals surface area (Å²) in [5, 5.41) is 9.01. The van der Waals surface area contributed by atoms with Crippen molar-refractivity contribution in [3.8, 4) is 11.5 Å². The largest absolute Gasteiger partial charge is 0.496 e. The highest BCUT2D eigenvalue weighted by Gasteiger charge is 2.37. The number of rotatable bonds is 6. The van der Waals surface area contributed by atoms with Crippen LogP contribution in [-0.4, -0.2) is 25.3 Å². The Kier molecular flexibility index (Phi) is 3.93. The topological polar surface area (TPSA) is 55.8 Å². The second-order valence-electron chi connectivity index (χ2n) is 4.74. The van der Waals surface area contributed by atoms with Crippen LogP contribution in [0.4, 0.5) is 4.39 Å². The molecule has 2 rings (SSSR count). The number of hydrogen-bond acceptors (Lipinski definition) is 3. The summed E-state index contributed by atoms with van der Waals surface area (Å²) < 4.78 is 24.6. The van der Waals surface area contributed by atoms with Crippen LogP contribution in [0.3, 0.4) is 0 Å². The maximum Gasteiger partial charge on any atom is 0.303 e. The van der Waals surface area contributed by atoms with E-state index in [1.165, 1.54) is 20.3 Å². The first-order valence-corrected chi connectivity index (χ1v) is 6.20. The van der Waals surface area contributed by atoms with Crippen LogP contribution in [0.5, 0.6) is 11.5 Å². The number of methoxy groups -OCH3 is 2. The van der Waals surface area contributed by atoms with Crippen molar-refractivity contribution in [2.45, 2.75) is 25.2 Å². The number of hydrogen-bond donors (Lipinski definition) is 1. The fraction of sp³-hybridized carbons (Fsp3) is 0.500. The SMILES string of the molecule is COc1ccc(OC)c(C(CC(=O)O)C2CC2)c1F. The Morgan fingerprint density at radius 2 is 1.95 bits per heavy atom. The van der Waals surface area contributed by atoms with Crippen molar-refractivity contribution in [2.75, 3.05) is 14.2 Å². The molecule has 1 atom stereocenters. The van der Waals surface area contributed by atoms with Gasteiger partial charge in [-0.2, -0.15) is 0 Å². The summed E-state index contributed by atoms with van der Waals surface area (Å²) in [5.74, 6) is -1.08. The molecule has 1 aliphatic carbocycles. The van der Waals surface area contributed by atoms with E-state index in [2.05, 4.69) is 0 Å². The van der Waals surface area contributed by atoms with Crippen LogP contribution in [-0.2, 0) is 4.79 Å². The molecule has 0 aromatic heterocycles. The lowest BCUT2D eigenvalue weighted by Crippen LogP contribution is -2.12. The third-order valence-electron chi connectivity index (χ3n) is 3.50. The summed E-state index contributed by atoms with van der Waals surface area (Å²) in [5.41, 5.74) is 0.326. The monoisotopic (exact) mass is 268 g/mol. The predicted molar refractivity (Wildman–Crippen MR) is 67.2 cm³/mol. The van der Waals surface area contributed by atoms with Crippen molar-refractivity contribution in [1.82, 2.24) is 0 Å². The van der Waals surface area contributed by atoms with Gasteiger partial charge in [0.1, 0.15) is 5.75 Å². The highest BCUT2D eigenvalue weighted by Crippen LogP contribution is 2.48. The maximum absolute atomic E-state index is 14.4. The normalized spacial score (nSPS) is 15.9. The van der Waals surface area contributed by atoms with Gasteiger partial charge < -0.3 is 14.6 Å². The average molecular weight is 268 g/mol. The molecule has 104 valence electrons. The van der Waals surface area contributed by atoms with Crippen LogP contribution in [0.1, 0.15) is 30.7 Å². The van der Waals surface area contributed by atoms with Gasteiger partial charge in [0.2, 0.25) is 0 Å². The molecular formula is C14H17FO4. The Morgan fingerprint density at radius 1 is 1.37 bits per heavy atom.